The summed E-state index contributed by atoms with van der Waals surface area (Å²) in [6, 6.07) is 0.703. The van der Waals surface area contributed by atoms with Gasteiger partial charge in [-0.2, -0.15) is 11.3 Å². The molecule has 1 aromatic heterocycles. The molecule has 0 spiro atoms. The number of rotatable bonds is 3. The first-order valence-corrected chi connectivity index (χ1v) is 7.17. The predicted molar refractivity (Wildman–Crippen MR) is 71.9 cm³/mol. The molecule has 1 aliphatic rings. The minimum absolute atomic E-state index is 0.529. The second kappa shape index (κ2) is 4.50. The first-order valence-electron chi connectivity index (χ1n) is 6.23. The van der Waals surface area contributed by atoms with E-state index in [1.54, 1.807) is 0 Å². The van der Waals surface area contributed by atoms with E-state index >= 15 is 0 Å². The van der Waals surface area contributed by atoms with Crippen molar-refractivity contribution in [2.45, 2.75) is 53.1 Å². The highest BCUT2D eigenvalue weighted by Gasteiger charge is 2.36. The average molecular weight is 237 g/mol. The highest BCUT2D eigenvalue weighted by Crippen LogP contribution is 2.40. The molecular weight excluding hydrogens is 214 g/mol. The van der Waals surface area contributed by atoms with Gasteiger partial charge in [0.1, 0.15) is 0 Å². The van der Waals surface area contributed by atoms with Crippen molar-refractivity contribution < 1.29 is 0 Å². The van der Waals surface area contributed by atoms with E-state index < -0.39 is 0 Å². The summed E-state index contributed by atoms with van der Waals surface area (Å²) >= 11 is 1.81. The van der Waals surface area contributed by atoms with E-state index in [0.29, 0.717) is 11.5 Å². The maximum absolute atomic E-state index is 3.74. The summed E-state index contributed by atoms with van der Waals surface area (Å²) < 4.78 is 0. The number of hydrogen-bond acceptors (Lipinski definition) is 2. The summed E-state index contributed by atoms with van der Waals surface area (Å²) in [5.41, 5.74) is 3.44. The molecule has 2 atom stereocenters. The van der Waals surface area contributed by atoms with Gasteiger partial charge in [0, 0.05) is 12.6 Å². The third kappa shape index (κ3) is 2.67. The highest BCUT2D eigenvalue weighted by atomic mass is 32.1. The standard InChI is InChI=1S/C14H23NS/c1-10-5-14(3,4)6-13(10)15-7-12-9-16-8-11(12)2/h8-10,13,15H,5-7H2,1-4H3. The maximum Gasteiger partial charge on any atom is 0.0219 e. The van der Waals surface area contributed by atoms with Crippen LogP contribution < -0.4 is 5.32 Å². The van der Waals surface area contributed by atoms with Gasteiger partial charge in [-0.15, -0.1) is 0 Å². The van der Waals surface area contributed by atoms with Crippen LogP contribution in [0.3, 0.4) is 0 Å². The second-order valence-corrected chi connectivity index (χ2v) is 6.86. The molecule has 0 radical (unpaired) electrons. The van der Waals surface area contributed by atoms with Crippen molar-refractivity contribution in [2.75, 3.05) is 0 Å². The molecule has 0 aromatic carbocycles. The molecule has 1 aliphatic carbocycles. The van der Waals surface area contributed by atoms with Crippen molar-refractivity contribution in [1.82, 2.24) is 5.32 Å². The Hall–Kier alpha value is -0.340. The van der Waals surface area contributed by atoms with Gasteiger partial charge in [0.15, 0.2) is 0 Å². The van der Waals surface area contributed by atoms with Gasteiger partial charge < -0.3 is 5.32 Å². The molecule has 2 heteroatoms. The summed E-state index contributed by atoms with van der Waals surface area (Å²) in [5.74, 6) is 0.814. The summed E-state index contributed by atoms with van der Waals surface area (Å²) in [5, 5.41) is 8.24. The molecule has 1 N–H and O–H groups in total. The first-order chi connectivity index (χ1) is 7.48. The SMILES string of the molecule is Cc1cscc1CNC1CC(C)(C)CC1C. The summed E-state index contributed by atoms with van der Waals surface area (Å²) in [7, 11) is 0. The van der Waals surface area contributed by atoms with Gasteiger partial charge in [0.2, 0.25) is 0 Å². The predicted octanol–water partition coefficient (Wildman–Crippen LogP) is 3.97. The lowest BCUT2D eigenvalue weighted by molar-refractivity contribution is 0.362. The Balaban J connectivity index is 1.90. The van der Waals surface area contributed by atoms with E-state index in [4.69, 9.17) is 0 Å². The van der Waals surface area contributed by atoms with Gasteiger partial charge in [0.05, 0.1) is 0 Å². The lowest BCUT2D eigenvalue weighted by Crippen LogP contribution is -2.31. The van der Waals surface area contributed by atoms with Crippen LogP contribution in [0.25, 0.3) is 0 Å². The summed E-state index contributed by atoms with van der Waals surface area (Å²) in [6.07, 6.45) is 2.67. The number of aryl methyl sites for hydroxylation is 1. The van der Waals surface area contributed by atoms with Crippen molar-refractivity contribution in [3.05, 3.63) is 21.9 Å². The fourth-order valence-corrected chi connectivity index (χ4v) is 3.83. The molecule has 1 fully saturated rings. The molecule has 0 bridgehead atoms. The maximum atomic E-state index is 3.74. The molecular formula is C14H23NS. The second-order valence-electron chi connectivity index (χ2n) is 6.12. The van der Waals surface area contributed by atoms with E-state index in [-0.39, 0.29) is 0 Å². The van der Waals surface area contributed by atoms with E-state index in [0.717, 1.165) is 12.5 Å². The fourth-order valence-electron chi connectivity index (χ4n) is 2.98. The Morgan fingerprint density at radius 1 is 1.38 bits per heavy atom. The Kier molecular flexibility index (Phi) is 3.41. The van der Waals surface area contributed by atoms with Gasteiger partial charge in [-0.25, -0.2) is 0 Å². The zero-order valence-corrected chi connectivity index (χ0v) is 11.7. The molecule has 1 saturated carbocycles. The van der Waals surface area contributed by atoms with Crippen LogP contribution in [0, 0.1) is 18.3 Å². The molecule has 1 nitrogen and oxygen atoms in total. The van der Waals surface area contributed by atoms with Crippen LogP contribution in [0.2, 0.25) is 0 Å². The smallest absolute Gasteiger partial charge is 0.0219 e. The summed E-state index contributed by atoms with van der Waals surface area (Å²) in [4.78, 5) is 0. The van der Waals surface area contributed by atoms with E-state index in [1.165, 1.54) is 24.0 Å². The zero-order valence-electron chi connectivity index (χ0n) is 10.8. The Morgan fingerprint density at radius 2 is 2.12 bits per heavy atom. The Labute approximate surface area is 103 Å². The fraction of sp³-hybridized carbons (Fsp3) is 0.714. The largest absolute Gasteiger partial charge is 0.310 e. The number of hydrogen-bond donors (Lipinski definition) is 1. The van der Waals surface area contributed by atoms with Crippen molar-refractivity contribution in [1.29, 1.82) is 0 Å². The third-order valence-electron chi connectivity index (χ3n) is 3.85. The minimum atomic E-state index is 0.529. The molecule has 2 rings (SSSR count). The third-order valence-corrected chi connectivity index (χ3v) is 4.76. The number of nitrogens with one attached hydrogen (secondary N) is 1. The van der Waals surface area contributed by atoms with Gasteiger partial charge in [-0.1, -0.05) is 20.8 Å². The topological polar surface area (TPSA) is 12.0 Å². The Morgan fingerprint density at radius 3 is 2.62 bits per heavy atom. The van der Waals surface area contributed by atoms with Crippen LogP contribution >= 0.6 is 11.3 Å². The van der Waals surface area contributed by atoms with Crippen molar-refractivity contribution in [2.24, 2.45) is 11.3 Å². The van der Waals surface area contributed by atoms with Crippen molar-refractivity contribution >= 4 is 11.3 Å². The monoisotopic (exact) mass is 237 g/mol. The molecule has 90 valence electrons. The van der Waals surface area contributed by atoms with Gasteiger partial charge in [-0.05, 0) is 53.0 Å². The average Bonchev–Trinajstić information content (AvgIpc) is 2.67. The van der Waals surface area contributed by atoms with E-state index in [9.17, 15) is 0 Å². The summed E-state index contributed by atoms with van der Waals surface area (Å²) in [6.45, 7) is 10.4. The van der Waals surface area contributed by atoms with Crippen LogP contribution in [-0.4, -0.2) is 6.04 Å². The van der Waals surface area contributed by atoms with Gasteiger partial charge in [0.25, 0.3) is 0 Å². The lowest BCUT2D eigenvalue weighted by atomic mass is 9.91. The quantitative estimate of drug-likeness (QED) is 0.838. The van der Waals surface area contributed by atoms with Crippen LogP contribution in [0.15, 0.2) is 10.8 Å². The van der Waals surface area contributed by atoms with Crippen LogP contribution in [0.5, 0.6) is 0 Å². The van der Waals surface area contributed by atoms with Crippen LogP contribution in [0.1, 0.15) is 44.7 Å². The first kappa shape index (κ1) is 12.1. The molecule has 1 heterocycles. The normalized spacial score (nSPS) is 28.5. The molecule has 16 heavy (non-hydrogen) atoms. The molecule has 2 unspecified atom stereocenters. The Bertz CT molecular complexity index is 353. The molecule has 0 saturated heterocycles. The molecule has 1 aromatic rings. The van der Waals surface area contributed by atoms with Gasteiger partial charge in [-0.3, -0.25) is 0 Å². The van der Waals surface area contributed by atoms with Gasteiger partial charge >= 0.3 is 0 Å². The number of thiophene rings is 1. The van der Waals surface area contributed by atoms with Crippen molar-refractivity contribution in [3.63, 3.8) is 0 Å². The zero-order chi connectivity index (χ0) is 11.8. The minimum Gasteiger partial charge on any atom is -0.310 e. The lowest BCUT2D eigenvalue weighted by Gasteiger charge is -2.18. The molecule has 0 aliphatic heterocycles. The molecule has 0 amide bonds. The van der Waals surface area contributed by atoms with Crippen molar-refractivity contribution in [3.8, 4) is 0 Å². The van der Waals surface area contributed by atoms with Crippen LogP contribution in [-0.2, 0) is 6.54 Å². The van der Waals surface area contributed by atoms with Crippen LogP contribution in [0.4, 0.5) is 0 Å². The van der Waals surface area contributed by atoms with E-state index in [1.807, 2.05) is 11.3 Å². The van der Waals surface area contributed by atoms with E-state index in [2.05, 4.69) is 43.8 Å². The highest BCUT2D eigenvalue weighted by molar-refractivity contribution is 7.08.